The van der Waals surface area contributed by atoms with Crippen LogP contribution in [0.1, 0.15) is 0 Å². The molecular weight excluding hydrogens is 891 g/mol. The first-order chi connectivity index (χ1) is 27.3. The van der Waals surface area contributed by atoms with Gasteiger partial charge < -0.3 is 25.4 Å². The van der Waals surface area contributed by atoms with E-state index in [1.54, 1.807) is 0 Å². The van der Waals surface area contributed by atoms with E-state index in [9.17, 15) is 9.13 Å². The Bertz CT molecular complexity index is 1960. The summed E-state index contributed by atoms with van der Waals surface area (Å²) in [5.41, 5.74) is 0. The first kappa shape index (κ1) is 47.4. The van der Waals surface area contributed by atoms with Crippen LogP contribution in [0.15, 0.2) is 212 Å². The standard InChI is InChI=1S/2C18H15OP.C6H5.3CNS.Sn/c2*19-20(16-10-4-1-5-11-16,17-12-6-2-7-13-17)18-14-8-3-9-15-18;1-2-4-6-5-3-1;3*2-1-3;/h2*1-15H;1-5H;;;;/q;;;3*-1;+3/p+2. The number of hydrogen-bond donors (Lipinski definition) is 0. The van der Waals surface area contributed by atoms with E-state index in [2.05, 4.69) is 60.9 Å². The molecule has 0 aliphatic heterocycles. The monoisotopic (exact) mass is 929 g/mol. The molecule has 11 heteroatoms. The van der Waals surface area contributed by atoms with Gasteiger partial charge in [-0.2, -0.15) is 15.5 Å². The van der Waals surface area contributed by atoms with Crippen molar-refractivity contribution in [1.82, 2.24) is 0 Å². The number of nitrogens with zero attached hydrogens (tertiary/aromatic N) is 3. The van der Waals surface area contributed by atoms with Gasteiger partial charge in [-0.25, -0.2) is 0 Å². The van der Waals surface area contributed by atoms with E-state index in [4.69, 9.17) is 16.2 Å². The summed E-state index contributed by atoms with van der Waals surface area (Å²) in [5, 5.41) is 31.3. The van der Waals surface area contributed by atoms with E-state index in [1.165, 1.54) is 41.6 Å². The summed E-state index contributed by atoms with van der Waals surface area (Å²) >= 11 is 12.6. The van der Waals surface area contributed by atoms with Crippen LogP contribution in [-0.4, -0.2) is 47.1 Å². The third-order valence-corrected chi connectivity index (χ3v) is 14.8. The van der Waals surface area contributed by atoms with Crippen LogP contribution in [0.4, 0.5) is 0 Å². The molecule has 5 nitrogen and oxygen atoms in total. The van der Waals surface area contributed by atoms with Gasteiger partial charge in [-0.05, 0) is 72.8 Å². The molecule has 7 aromatic rings. The second-order valence-electron chi connectivity index (χ2n) is 10.9. The fourth-order valence-corrected chi connectivity index (χ4v) is 11.2. The Morgan fingerprint density at radius 2 is 0.446 bits per heavy atom. The van der Waals surface area contributed by atoms with Crippen LogP contribution in [0.2, 0.25) is 0 Å². The van der Waals surface area contributed by atoms with Gasteiger partial charge >= 0.3 is 70.7 Å². The summed E-state index contributed by atoms with van der Waals surface area (Å²) in [6, 6.07) is 70.1. The molecule has 0 heterocycles. The third kappa shape index (κ3) is 15.0. The molecular formula is C45H37N3O2P2S3Sn+2. The molecule has 0 aromatic heterocycles. The average Bonchev–Trinajstić information content (AvgIpc) is 3.26. The van der Waals surface area contributed by atoms with Gasteiger partial charge in [-0.15, -0.1) is 0 Å². The van der Waals surface area contributed by atoms with E-state index in [-0.39, 0.29) is 0 Å². The number of thiocarbonyl (C=S) groups is 3. The summed E-state index contributed by atoms with van der Waals surface area (Å²) in [6.07, 6.45) is 0. The van der Waals surface area contributed by atoms with Gasteiger partial charge in [0.25, 0.3) is 0 Å². The summed E-state index contributed by atoms with van der Waals surface area (Å²) in [6.45, 7) is 0. The molecule has 0 aliphatic carbocycles. The average molecular weight is 929 g/mol. The first-order valence-corrected chi connectivity index (χ1v) is 22.8. The molecule has 274 valence electrons. The van der Waals surface area contributed by atoms with Crippen molar-refractivity contribution >= 4 is 124 Å². The van der Waals surface area contributed by atoms with Gasteiger partial charge in [-0.1, -0.05) is 146 Å². The Balaban J connectivity index is 0.000000281. The Labute approximate surface area is 359 Å². The molecule has 0 saturated heterocycles. The Kier molecular flexibility index (Phi) is 23.4. The van der Waals surface area contributed by atoms with E-state index in [0.717, 1.165) is 31.8 Å². The predicted octanol–water partition coefficient (Wildman–Crippen LogP) is 8.99. The van der Waals surface area contributed by atoms with Gasteiger partial charge in [0.15, 0.2) is 0 Å². The van der Waals surface area contributed by atoms with Crippen molar-refractivity contribution < 1.29 is 9.13 Å². The van der Waals surface area contributed by atoms with Crippen molar-refractivity contribution in [2.75, 3.05) is 0 Å². The zero-order valence-electron chi connectivity index (χ0n) is 30.1. The van der Waals surface area contributed by atoms with Gasteiger partial charge in [0.2, 0.25) is 0 Å². The summed E-state index contributed by atoms with van der Waals surface area (Å²) < 4.78 is 24.5. The molecule has 0 saturated carbocycles. The molecule has 0 fully saturated rings. The number of isothiocyanates is 3. The molecule has 0 unspecified atom stereocenters. The number of hydrogen-bond acceptors (Lipinski definition) is 3. The Morgan fingerprint density at radius 3 is 0.554 bits per heavy atom. The van der Waals surface area contributed by atoms with Crippen LogP contribution in [0.25, 0.3) is 16.2 Å². The van der Waals surface area contributed by atoms with Gasteiger partial charge in [0, 0.05) is 0 Å². The van der Waals surface area contributed by atoms with Crippen molar-refractivity contribution in [3.8, 4) is 0 Å². The van der Waals surface area contributed by atoms with Crippen LogP contribution in [0.5, 0.6) is 0 Å². The minimum atomic E-state index is -2.53. The van der Waals surface area contributed by atoms with E-state index in [1.807, 2.05) is 188 Å². The zero-order chi connectivity index (χ0) is 40.9. The van der Waals surface area contributed by atoms with Crippen LogP contribution in [-0.2, 0) is 0 Å². The molecule has 7 rings (SSSR count). The fraction of sp³-hybridized carbons (Fsp3) is 0. The van der Waals surface area contributed by atoms with Gasteiger partial charge in [0.1, 0.15) is 0 Å². The van der Waals surface area contributed by atoms with Crippen LogP contribution in [0.3, 0.4) is 0 Å². The molecule has 0 bridgehead atoms. The molecule has 7 aromatic carbocycles. The molecule has 0 aliphatic rings. The Morgan fingerprint density at radius 1 is 0.321 bits per heavy atom. The van der Waals surface area contributed by atoms with Crippen LogP contribution < -0.4 is 35.4 Å². The molecule has 0 atom stereocenters. The molecule has 0 amide bonds. The summed E-state index contributed by atoms with van der Waals surface area (Å²) in [7, 11) is -5.05. The second kappa shape index (κ2) is 27.7. The van der Waals surface area contributed by atoms with Crippen LogP contribution in [0, 0.1) is 0 Å². The fourth-order valence-electron chi connectivity index (χ4n) is 5.19. The number of benzene rings is 7. The third-order valence-electron chi connectivity index (χ3n) is 7.55. The van der Waals surface area contributed by atoms with E-state index >= 15 is 0 Å². The molecule has 0 spiro atoms. The quantitative estimate of drug-likeness (QED) is 0.0546. The molecule has 2 N–H and O–H groups in total. The van der Waals surface area contributed by atoms with Gasteiger partial charge in [-0.3, -0.25) is 0 Å². The normalized spacial score (nSPS) is 9.54. The van der Waals surface area contributed by atoms with E-state index in [0.29, 0.717) is 0 Å². The SMILES string of the molecule is [N-]=C=S.[N-]=C=S.[N-]=C=S.[OH+]=P(c1ccccc1)(c1ccccc1)c1ccccc1.[OH+]=P(c1ccccc1)(c1ccccc1)c1ccccc1.[Sn+3][c]1ccccc1. The summed E-state index contributed by atoms with van der Waals surface area (Å²) in [4.78, 5) is 0. The van der Waals surface area contributed by atoms with Crippen molar-refractivity contribution in [3.05, 3.63) is 229 Å². The maximum absolute atomic E-state index is 11.5. The van der Waals surface area contributed by atoms with Crippen molar-refractivity contribution in [2.45, 2.75) is 0 Å². The van der Waals surface area contributed by atoms with Crippen molar-refractivity contribution in [3.63, 3.8) is 0 Å². The van der Waals surface area contributed by atoms with Gasteiger partial charge in [0.05, 0.1) is 31.8 Å². The molecule has 56 heavy (non-hydrogen) atoms. The first-order valence-electron chi connectivity index (χ1n) is 16.6. The van der Waals surface area contributed by atoms with Crippen LogP contribution >= 0.6 is 50.9 Å². The summed E-state index contributed by atoms with van der Waals surface area (Å²) in [5.74, 6) is 0. The maximum atomic E-state index is 11.5. The topological polar surface area (TPSA) is 110 Å². The van der Waals surface area contributed by atoms with Crippen molar-refractivity contribution in [2.24, 2.45) is 0 Å². The zero-order valence-corrected chi connectivity index (χ0v) is 37.2. The Hall–Kier alpha value is -4.80. The number of rotatable bonds is 6. The van der Waals surface area contributed by atoms with E-state index < -0.39 is 14.3 Å². The van der Waals surface area contributed by atoms with Crippen molar-refractivity contribution in [1.29, 1.82) is 0 Å². The minimum absolute atomic E-state index is 0.984. The second-order valence-corrected chi connectivity index (χ2v) is 18.8. The molecule has 0 radical (unpaired) electrons. The predicted molar refractivity (Wildman–Crippen MR) is 254 cm³/mol.